The number of rotatable bonds is 10. The molecule has 1 aliphatic heterocycles. The number of benzene rings is 2. The van der Waals surface area contributed by atoms with Gasteiger partial charge < -0.3 is 9.47 Å². The number of carbonyl (C=O) groups is 1. The lowest BCUT2D eigenvalue weighted by molar-refractivity contribution is -0.137. The minimum Gasteiger partial charge on any atom is -0.490 e. The fraction of sp³-hybridized carbons (Fsp3) is 0.346. The van der Waals surface area contributed by atoms with Crippen LogP contribution in [0.1, 0.15) is 30.9 Å². The maximum atomic E-state index is 12.6. The summed E-state index contributed by atoms with van der Waals surface area (Å²) in [5.41, 5.74) is 2.70. The Morgan fingerprint density at radius 1 is 1.19 bits per heavy atom. The maximum Gasteiger partial charge on any atom is 0.330 e. The predicted octanol–water partition coefficient (Wildman–Crippen LogP) is 2.76. The number of ether oxygens (including phenoxy) is 2. The summed E-state index contributed by atoms with van der Waals surface area (Å²) in [4.78, 5) is 15.6. The molecule has 0 aromatic heterocycles. The van der Waals surface area contributed by atoms with Crippen molar-refractivity contribution in [2.24, 2.45) is 10.1 Å². The zero-order chi connectivity index (χ0) is 26.8. The van der Waals surface area contributed by atoms with E-state index in [1.54, 1.807) is 24.9 Å². The Balaban J connectivity index is 1.82. The molecule has 1 heterocycles. The van der Waals surface area contributed by atoms with Crippen molar-refractivity contribution in [3.8, 4) is 5.75 Å². The molecule has 0 bridgehead atoms. The number of esters is 1. The summed E-state index contributed by atoms with van der Waals surface area (Å²) in [5.74, 6) is 0.265. The van der Waals surface area contributed by atoms with Gasteiger partial charge in [-0.1, -0.05) is 37.3 Å². The molecule has 0 saturated carbocycles. The number of hydrogen-bond acceptors (Lipinski definition) is 7. The first-order valence-corrected chi connectivity index (χ1v) is 13.4. The lowest BCUT2D eigenvalue weighted by Crippen LogP contribution is -2.46. The first kappa shape index (κ1) is 27.9. The molecule has 1 aliphatic rings. The molecule has 3 rings (SSSR count). The first-order chi connectivity index (χ1) is 17.8. The third-order valence-electron chi connectivity index (χ3n) is 5.69. The van der Waals surface area contributed by atoms with Gasteiger partial charge in [-0.3, -0.25) is 4.99 Å². The van der Waals surface area contributed by atoms with E-state index in [1.165, 1.54) is 24.5 Å². The van der Waals surface area contributed by atoms with Gasteiger partial charge in [-0.15, -0.1) is 0 Å². The summed E-state index contributed by atoms with van der Waals surface area (Å²) in [6.45, 7) is 4.79. The van der Waals surface area contributed by atoms with E-state index < -0.39 is 16.2 Å². The Kier molecular flexibility index (Phi) is 9.81. The van der Waals surface area contributed by atoms with Gasteiger partial charge in [0.15, 0.2) is 0 Å². The third kappa shape index (κ3) is 7.40. The van der Waals surface area contributed by atoms with Crippen molar-refractivity contribution < 1.29 is 22.7 Å². The molecule has 2 aromatic carbocycles. The Labute approximate surface area is 218 Å². The monoisotopic (exact) mass is 527 g/mol. The molecule has 11 heteroatoms. The third-order valence-corrected chi connectivity index (χ3v) is 7.20. The standard InChI is InChI=1S/C26H33N5O5S/c1-5-30(4)37(33,34)29-26(27-3)31-19-23(20-11-8-7-9-12-20)25(28-31)21-14-16-22(17-15-21)36-18-10-13-24(32)35-6-2/h7-17,23H,5-6,18-19H2,1-4H3,(H,27,29)/b13-10+. The van der Waals surface area contributed by atoms with Gasteiger partial charge in [-0.2, -0.15) is 17.8 Å². The van der Waals surface area contributed by atoms with Crippen molar-refractivity contribution in [2.45, 2.75) is 19.8 Å². The van der Waals surface area contributed by atoms with Gasteiger partial charge >= 0.3 is 16.2 Å². The van der Waals surface area contributed by atoms with Gasteiger partial charge in [0.1, 0.15) is 12.4 Å². The molecule has 2 aromatic rings. The molecule has 0 saturated heterocycles. The number of hydrogen-bond donors (Lipinski definition) is 1. The average molecular weight is 528 g/mol. The van der Waals surface area contributed by atoms with Gasteiger partial charge in [0, 0.05) is 32.6 Å². The topological polar surface area (TPSA) is 113 Å². The quantitative estimate of drug-likeness (QED) is 0.220. The van der Waals surface area contributed by atoms with Gasteiger partial charge in [0.25, 0.3) is 0 Å². The van der Waals surface area contributed by atoms with Crippen LogP contribution in [0.5, 0.6) is 5.75 Å². The van der Waals surface area contributed by atoms with Crippen molar-refractivity contribution in [1.82, 2.24) is 14.0 Å². The lowest BCUT2D eigenvalue weighted by atomic mass is 9.90. The summed E-state index contributed by atoms with van der Waals surface area (Å²) in [6.07, 6.45) is 2.93. The lowest BCUT2D eigenvalue weighted by Gasteiger charge is -2.22. The molecule has 198 valence electrons. The van der Waals surface area contributed by atoms with Crippen LogP contribution in [-0.4, -0.2) is 75.8 Å². The number of aliphatic imine (C=N–C) groups is 1. The summed E-state index contributed by atoms with van der Waals surface area (Å²) < 4.78 is 39.5. The molecule has 0 spiro atoms. The van der Waals surface area contributed by atoms with Crippen molar-refractivity contribution >= 4 is 27.8 Å². The van der Waals surface area contributed by atoms with E-state index in [-0.39, 0.29) is 18.5 Å². The van der Waals surface area contributed by atoms with Crippen LogP contribution in [0.15, 0.2) is 76.8 Å². The zero-order valence-corrected chi connectivity index (χ0v) is 22.3. The van der Waals surface area contributed by atoms with E-state index >= 15 is 0 Å². The largest absolute Gasteiger partial charge is 0.490 e. The van der Waals surface area contributed by atoms with E-state index in [0.29, 0.717) is 25.4 Å². The maximum absolute atomic E-state index is 12.6. The molecule has 1 atom stereocenters. The molecule has 1 unspecified atom stereocenters. The average Bonchev–Trinajstić information content (AvgIpc) is 3.35. The van der Waals surface area contributed by atoms with Crippen LogP contribution in [0.2, 0.25) is 0 Å². The summed E-state index contributed by atoms with van der Waals surface area (Å²) >= 11 is 0. The minimum absolute atomic E-state index is 0.106. The molecule has 0 fully saturated rings. The van der Waals surface area contributed by atoms with Crippen LogP contribution in [0.25, 0.3) is 0 Å². The Morgan fingerprint density at radius 3 is 2.51 bits per heavy atom. The highest BCUT2D eigenvalue weighted by Crippen LogP contribution is 2.29. The second-order valence-electron chi connectivity index (χ2n) is 8.09. The highest BCUT2D eigenvalue weighted by Gasteiger charge is 2.33. The molecule has 1 N–H and O–H groups in total. The summed E-state index contributed by atoms with van der Waals surface area (Å²) in [5, 5.41) is 6.35. The van der Waals surface area contributed by atoms with E-state index in [2.05, 4.69) is 9.71 Å². The Hall–Kier alpha value is -3.70. The van der Waals surface area contributed by atoms with Crippen LogP contribution in [-0.2, 0) is 19.7 Å². The van der Waals surface area contributed by atoms with Crippen molar-refractivity contribution in [1.29, 1.82) is 0 Å². The molecule has 0 radical (unpaired) electrons. The number of hydrazone groups is 1. The van der Waals surface area contributed by atoms with Gasteiger partial charge in [-0.25, -0.2) is 14.5 Å². The van der Waals surface area contributed by atoms with Crippen molar-refractivity contribution in [3.63, 3.8) is 0 Å². The zero-order valence-electron chi connectivity index (χ0n) is 21.5. The van der Waals surface area contributed by atoms with Gasteiger partial charge in [0.2, 0.25) is 5.96 Å². The predicted molar refractivity (Wildman–Crippen MR) is 144 cm³/mol. The van der Waals surface area contributed by atoms with E-state index in [1.807, 2.05) is 54.6 Å². The fourth-order valence-electron chi connectivity index (χ4n) is 3.62. The molecular weight excluding hydrogens is 494 g/mol. The van der Waals surface area contributed by atoms with Gasteiger partial charge in [0.05, 0.1) is 18.9 Å². The highest BCUT2D eigenvalue weighted by atomic mass is 32.2. The summed E-state index contributed by atoms with van der Waals surface area (Å²) in [7, 11) is -0.736. The van der Waals surface area contributed by atoms with Crippen LogP contribution >= 0.6 is 0 Å². The Morgan fingerprint density at radius 2 is 1.89 bits per heavy atom. The normalized spacial score (nSPS) is 16.2. The van der Waals surface area contributed by atoms with E-state index in [4.69, 9.17) is 14.6 Å². The second kappa shape index (κ2) is 13.0. The highest BCUT2D eigenvalue weighted by molar-refractivity contribution is 7.87. The number of guanidine groups is 1. The molecule has 37 heavy (non-hydrogen) atoms. The van der Waals surface area contributed by atoms with Crippen LogP contribution < -0.4 is 9.46 Å². The van der Waals surface area contributed by atoms with Crippen molar-refractivity contribution in [2.75, 3.05) is 40.4 Å². The fourth-order valence-corrected chi connectivity index (χ4v) is 4.54. The Bertz CT molecular complexity index is 1240. The van der Waals surface area contributed by atoms with E-state index in [9.17, 15) is 13.2 Å². The van der Waals surface area contributed by atoms with Crippen molar-refractivity contribution in [3.05, 3.63) is 77.9 Å². The molecule has 0 aliphatic carbocycles. The molecule has 10 nitrogen and oxygen atoms in total. The first-order valence-electron chi connectivity index (χ1n) is 12.0. The molecular formula is C26H33N5O5S. The minimum atomic E-state index is -3.76. The molecule has 0 amide bonds. The van der Waals surface area contributed by atoms with Crippen LogP contribution in [0, 0.1) is 0 Å². The van der Waals surface area contributed by atoms with Crippen LogP contribution in [0.4, 0.5) is 0 Å². The van der Waals surface area contributed by atoms with Gasteiger partial charge in [-0.05, 0) is 48.4 Å². The van der Waals surface area contributed by atoms with E-state index in [0.717, 1.165) is 16.8 Å². The number of carbonyl (C=O) groups excluding carboxylic acids is 1. The second-order valence-corrected chi connectivity index (χ2v) is 9.87. The summed E-state index contributed by atoms with van der Waals surface area (Å²) in [6, 6.07) is 17.4. The van der Waals surface area contributed by atoms with Crippen LogP contribution in [0.3, 0.4) is 0 Å². The number of nitrogens with zero attached hydrogens (tertiary/aromatic N) is 4. The number of nitrogens with one attached hydrogen (secondary N) is 1. The smallest absolute Gasteiger partial charge is 0.330 e. The SMILES string of the molecule is CCOC(=O)/C=C/COc1ccc(C2=NN(C(=NC)NS(=O)(=O)N(C)CC)CC2c2ccccc2)cc1.